The second-order valence-electron chi connectivity index (χ2n) is 5.06. The maximum absolute atomic E-state index is 5.84. The summed E-state index contributed by atoms with van der Waals surface area (Å²) in [5.74, 6) is 0.994. The fraction of sp³-hybridized carbons (Fsp3) is 0.294. The first-order chi connectivity index (χ1) is 9.02. The first-order valence-corrected chi connectivity index (χ1v) is 6.51. The van der Waals surface area contributed by atoms with Gasteiger partial charge in [0.05, 0.1) is 7.11 Å². The predicted octanol–water partition coefficient (Wildman–Crippen LogP) is 3.79. The number of hydrogen-bond acceptors (Lipinski definition) is 2. The summed E-state index contributed by atoms with van der Waals surface area (Å²) in [7, 11) is 1.73. The molecule has 0 aliphatic rings. The number of nitrogen functional groups attached to an aromatic ring is 1. The largest absolute Gasteiger partial charge is 0.496 e. The number of nitrogens with two attached hydrogens (primary N) is 1. The van der Waals surface area contributed by atoms with Crippen LogP contribution in [0.25, 0.3) is 0 Å². The van der Waals surface area contributed by atoms with Gasteiger partial charge in [-0.1, -0.05) is 18.2 Å². The molecular formula is C17H21NO. The van der Waals surface area contributed by atoms with Crippen LogP contribution in [0.15, 0.2) is 30.3 Å². The minimum Gasteiger partial charge on any atom is -0.496 e. The van der Waals surface area contributed by atoms with Crippen molar-refractivity contribution >= 4 is 5.69 Å². The van der Waals surface area contributed by atoms with Gasteiger partial charge in [-0.3, -0.25) is 0 Å². The monoisotopic (exact) mass is 255 g/mol. The lowest BCUT2D eigenvalue weighted by atomic mass is 9.94. The Labute approximate surface area is 115 Å². The number of benzene rings is 2. The SMILES string of the molecule is COc1c(C)cc(Cc2cccc(N)c2)c(C)c1C. The van der Waals surface area contributed by atoms with Crippen LogP contribution in [-0.2, 0) is 6.42 Å². The van der Waals surface area contributed by atoms with Gasteiger partial charge in [-0.2, -0.15) is 0 Å². The van der Waals surface area contributed by atoms with E-state index in [0.29, 0.717) is 0 Å². The standard InChI is InChI=1S/C17H21NO/c1-11-8-15(12(2)13(3)17(11)19-4)9-14-6-5-7-16(18)10-14/h5-8,10H,9,18H2,1-4H3. The van der Waals surface area contributed by atoms with E-state index in [2.05, 4.69) is 32.9 Å². The zero-order valence-electron chi connectivity index (χ0n) is 12.1. The second kappa shape index (κ2) is 5.35. The van der Waals surface area contributed by atoms with Crippen LogP contribution >= 0.6 is 0 Å². The van der Waals surface area contributed by atoms with Crippen molar-refractivity contribution < 1.29 is 4.74 Å². The molecule has 0 atom stereocenters. The van der Waals surface area contributed by atoms with E-state index < -0.39 is 0 Å². The van der Waals surface area contributed by atoms with Crippen LogP contribution in [0.4, 0.5) is 5.69 Å². The van der Waals surface area contributed by atoms with E-state index in [1.54, 1.807) is 7.11 Å². The molecule has 100 valence electrons. The molecule has 0 fully saturated rings. The van der Waals surface area contributed by atoms with Crippen LogP contribution < -0.4 is 10.5 Å². The molecule has 2 aromatic carbocycles. The van der Waals surface area contributed by atoms with Gasteiger partial charge in [0.2, 0.25) is 0 Å². The van der Waals surface area contributed by atoms with Crippen molar-refractivity contribution in [3.8, 4) is 5.75 Å². The molecule has 0 aromatic heterocycles. The molecular weight excluding hydrogens is 234 g/mol. The van der Waals surface area contributed by atoms with Gasteiger partial charge in [0, 0.05) is 5.69 Å². The molecule has 0 radical (unpaired) electrons. The Bertz CT molecular complexity index is 602. The Hall–Kier alpha value is -1.96. The molecule has 0 aliphatic heterocycles. The summed E-state index contributed by atoms with van der Waals surface area (Å²) in [6, 6.07) is 10.3. The van der Waals surface area contributed by atoms with Gasteiger partial charge < -0.3 is 10.5 Å². The van der Waals surface area contributed by atoms with Gasteiger partial charge >= 0.3 is 0 Å². The van der Waals surface area contributed by atoms with Crippen LogP contribution in [0.5, 0.6) is 5.75 Å². The average molecular weight is 255 g/mol. The van der Waals surface area contributed by atoms with E-state index in [-0.39, 0.29) is 0 Å². The quantitative estimate of drug-likeness (QED) is 0.847. The predicted molar refractivity (Wildman–Crippen MR) is 80.9 cm³/mol. The fourth-order valence-corrected chi connectivity index (χ4v) is 2.56. The van der Waals surface area contributed by atoms with E-state index >= 15 is 0 Å². The molecule has 0 saturated heterocycles. The number of methoxy groups -OCH3 is 1. The minimum absolute atomic E-state index is 0.817. The van der Waals surface area contributed by atoms with E-state index in [1.807, 2.05) is 18.2 Å². The summed E-state index contributed by atoms with van der Waals surface area (Å²) in [6.45, 7) is 6.36. The average Bonchev–Trinajstić information content (AvgIpc) is 2.36. The molecule has 2 N–H and O–H groups in total. The zero-order chi connectivity index (χ0) is 14.0. The Morgan fingerprint density at radius 1 is 1.05 bits per heavy atom. The molecule has 2 rings (SSSR count). The molecule has 0 amide bonds. The summed E-state index contributed by atoms with van der Waals surface area (Å²) in [5, 5.41) is 0. The Morgan fingerprint density at radius 3 is 2.42 bits per heavy atom. The summed E-state index contributed by atoms with van der Waals surface area (Å²) in [5.41, 5.74) is 12.9. The Kier molecular flexibility index (Phi) is 3.79. The lowest BCUT2D eigenvalue weighted by Gasteiger charge is -2.16. The first-order valence-electron chi connectivity index (χ1n) is 6.51. The molecule has 0 bridgehead atoms. The van der Waals surface area contributed by atoms with Crippen molar-refractivity contribution in [1.29, 1.82) is 0 Å². The highest BCUT2D eigenvalue weighted by Gasteiger charge is 2.11. The maximum atomic E-state index is 5.84. The lowest BCUT2D eigenvalue weighted by molar-refractivity contribution is 0.408. The molecule has 0 saturated carbocycles. The van der Waals surface area contributed by atoms with E-state index in [1.165, 1.54) is 27.8 Å². The third-order valence-electron chi connectivity index (χ3n) is 3.68. The van der Waals surface area contributed by atoms with Crippen LogP contribution in [0.2, 0.25) is 0 Å². The second-order valence-corrected chi connectivity index (χ2v) is 5.06. The third kappa shape index (κ3) is 2.73. The number of anilines is 1. The van der Waals surface area contributed by atoms with Crippen LogP contribution in [-0.4, -0.2) is 7.11 Å². The molecule has 19 heavy (non-hydrogen) atoms. The van der Waals surface area contributed by atoms with E-state index in [0.717, 1.165) is 17.9 Å². The van der Waals surface area contributed by atoms with Crippen molar-refractivity contribution in [2.24, 2.45) is 0 Å². The van der Waals surface area contributed by atoms with Crippen LogP contribution in [0.3, 0.4) is 0 Å². The number of rotatable bonds is 3. The molecule has 0 unspecified atom stereocenters. The van der Waals surface area contributed by atoms with Gasteiger partial charge in [-0.15, -0.1) is 0 Å². The minimum atomic E-state index is 0.817. The van der Waals surface area contributed by atoms with E-state index in [4.69, 9.17) is 10.5 Å². The zero-order valence-corrected chi connectivity index (χ0v) is 12.1. The molecule has 0 aliphatic carbocycles. The van der Waals surface area contributed by atoms with Crippen LogP contribution in [0.1, 0.15) is 27.8 Å². The van der Waals surface area contributed by atoms with Crippen molar-refractivity contribution in [1.82, 2.24) is 0 Å². The van der Waals surface area contributed by atoms with Crippen molar-refractivity contribution in [3.63, 3.8) is 0 Å². The van der Waals surface area contributed by atoms with E-state index in [9.17, 15) is 0 Å². The lowest BCUT2D eigenvalue weighted by Crippen LogP contribution is -2.00. The molecule has 2 nitrogen and oxygen atoms in total. The highest BCUT2D eigenvalue weighted by Crippen LogP contribution is 2.29. The van der Waals surface area contributed by atoms with Crippen LogP contribution in [0, 0.1) is 20.8 Å². The summed E-state index contributed by atoms with van der Waals surface area (Å²) in [6.07, 6.45) is 0.905. The van der Waals surface area contributed by atoms with Crippen molar-refractivity contribution in [3.05, 3.63) is 58.1 Å². The topological polar surface area (TPSA) is 35.2 Å². The molecule has 0 heterocycles. The normalized spacial score (nSPS) is 10.5. The summed E-state index contributed by atoms with van der Waals surface area (Å²) in [4.78, 5) is 0. The first kappa shape index (κ1) is 13.5. The van der Waals surface area contributed by atoms with Gasteiger partial charge in [0.25, 0.3) is 0 Å². The van der Waals surface area contributed by atoms with Gasteiger partial charge in [-0.25, -0.2) is 0 Å². The molecule has 2 aromatic rings. The summed E-state index contributed by atoms with van der Waals surface area (Å²) < 4.78 is 5.46. The Balaban J connectivity index is 2.41. The fourth-order valence-electron chi connectivity index (χ4n) is 2.56. The highest BCUT2D eigenvalue weighted by atomic mass is 16.5. The maximum Gasteiger partial charge on any atom is 0.124 e. The smallest absolute Gasteiger partial charge is 0.124 e. The molecule has 2 heteroatoms. The number of ether oxygens (including phenoxy) is 1. The number of hydrogen-bond donors (Lipinski definition) is 1. The third-order valence-corrected chi connectivity index (χ3v) is 3.68. The van der Waals surface area contributed by atoms with Gasteiger partial charge in [0.15, 0.2) is 0 Å². The Morgan fingerprint density at radius 2 is 1.79 bits per heavy atom. The van der Waals surface area contributed by atoms with Crippen molar-refractivity contribution in [2.75, 3.05) is 12.8 Å². The highest BCUT2D eigenvalue weighted by molar-refractivity contribution is 5.51. The van der Waals surface area contributed by atoms with Gasteiger partial charge in [-0.05, 0) is 67.1 Å². The summed E-state index contributed by atoms with van der Waals surface area (Å²) >= 11 is 0. The van der Waals surface area contributed by atoms with Crippen molar-refractivity contribution in [2.45, 2.75) is 27.2 Å². The molecule has 0 spiro atoms. The number of aryl methyl sites for hydroxylation is 1. The van der Waals surface area contributed by atoms with Gasteiger partial charge in [0.1, 0.15) is 5.75 Å².